The minimum Gasteiger partial charge on any atom is -0.345 e. The Labute approximate surface area is 219 Å². The van der Waals surface area contributed by atoms with Gasteiger partial charge in [0.1, 0.15) is 5.51 Å². The second-order valence-electron chi connectivity index (χ2n) is 9.13. The Balaban J connectivity index is 1.67. The number of rotatable bonds is 7. The van der Waals surface area contributed by atoms with E-state index in [0.29, 0.717) is 21.4 Å². The van der Waals surface area contributed by atoms with Crippen LogP contribution in [0.5, 0.6) is 0 Å². The van der Waals surface area contributed by atoms with Gasteiger partial charge < -0.3 is 10.2 Å². The molecule has 2 aromatic heterocycles. The van der Waals surface area contributed by atoms with Gasteiger partial charge in [-0.15, -0.1) is 10.2 Å². The van der Waals surface area contributed by atoms with Crippen LogP contribution in [0.25, 0.3) is 11.3 Å². The minimum absolute atomic E-state index is 0.158. The fourth-order valence-electron chi connectivity index (χ4n) is 4.12. The van der Waals surface area contributed by atoms with E-state index < -0.39 is 5.41 Å². The maximum atomic E-state index is 13.3. The Morgan fingerprint density at radius 2 is 1.78 bits per heavy atom. The van der Waals surface area contributed by atoms with Crippen molar-refractivity contribution >= 4 is 39.9 Å². The molecule has 1 unspecified atom stereocenters. The molecule has 4 aromatic rings. The second-order valence-corrected chi connectivity index (χ2v) is 10.4. The van der Waals surface area contributed by atoms with Crippen LogP contribution in [0.1, 0.15) is 41.3 Å². The zero-order valence-electron chi connectivity index (χ0n) is 20.4. The number of nitrogens with one attached hydrogen (secondary N) is 1. The van der Waals surface area contributed by atoms with Gasteiger partial charge in [-0.2, -0.15) is 0 Å². The van der Waals surface area contributed by atoms with Crippen LogP contribution in [0, 0.1) is 5.41 Å². The predicted molar refractivity (Wildman–Crippen MR) is 143 cm³/mol. The van der Waals surface area contributed by atoms with E-state index in [-0.39, 0.29) is 17.7 Å². The molecular formula is C27H26ClN5O2S. The van der Waals surface area contributed by atoms with Crippen LogP contribution in [-0.4, -0.2) is 46.0 Å². The SMILES string of the molecule is CN(C)C(=O)c1ccc(-c2ccc(C(c3ccccc3)C(C)(C)C(=O)Nc3nncs3)cn2)cc1Cl. The zero-order chi connectivity index (χ0) is 25.9. The molecule has 184 valence electrons. The second kappa shape index (κ2) is 10.6. The van der Waals surface area contributed by atoms with Gasteiger partial charge in [0.25, 0.3) is 5.91 Å². The Bertz CT molecular complexity index is 1360. The summed E-state index contributed by atoms with van der Waals surface area (Å²) in [6.45, 7) is 3.82. The molecule has 0 spiro atoms. The Morgan fingerprint density at radius 1 is 1.03 bits per heavy atom. The lowest BCUT2D eigenvalue weighted by molar-refractivity contribution is -0.124. The summed E-state index contributed by atoms with van der Waals surface area (Å²) in [6.07, 6.45) is 1.79. The molecule has 0 aliphatic heterocycles. The quantitative estimate of drug-likeness (QED) is 0.336. The Kier molecular flexibility index (Phi) is 7.47. The first-order valence-electron chi connectivity index (χ1n) is 11.3. The van der Waals surface area contributed by atoms with Crippen LogP contribution in [0.3, 0.4) is 0 Å². The topological polar surface area (TPSA) is 88.1 Å². The highest BCUT2D eigenvalue weighted by atomic mass is 35.5. The number of anilines is 1. The molecule has 0 saturated heterocycles. The lowest BCUT2D eigenvalue weighted by Gasteiger charge is -2.33. The summed E-state index contributed by atoms with van der Waals surface area (Å²) >= 11 is 7.68. The number of pyridine rings is 1. The third-order valence-electron chi connectivity index (χ3n) is 6.04. The van der Waals surface area contributed by atoms with Crippen molar-refractivity contribution in [2.45, 2.75) is 19.8 Å². The number of carbonyl (C=O) groups is 2. The average Bonchev–Trinajstić information content (AvgIpc) is 3.38. The molecule has 9 heteroatoms. The number of halogens is 1. The molecule has 2 amide bonds. The molecule has 36 heavy (non-hydrogen) atoms. The molecule has 0 bridgehead atoms. The summed E-state index contributed by atoms with van der Waals surface area (Å²) in [4.78, 5) is 31.8. The molecule has 4 rings (SSSR count). The van der Waals surface area contributed by atoms with E-state index in [9.17, 15) is 9.59 Å². The van der Waals surface area contributed by atoms with Crippen molar-refractivity contribution in [3.8, 4) is 11.3 Å². The van der Waals surface area contributed by atoms with Crippen molar-refractivity contribution in [3.63, 3.8) is 0 Å². The number of carbonyl (C=O) groups excluding carboxylic acids is 2. The van der Waals surface area contributed by atoms with Crippen molar-refractivity contribution in [1.29, 1.82) is 0 Å². The van der Waals surface area contributed by atoms with E-state index in [1.54, 1.807) is 37.9 Å². The van der Waals surface area contributed by atoms with Gasteiger partial charge in [-0.25, -0.2) is 0 Å². The lowest BCUT2D eigenvalue weighted by atomic mass is 9.71. The average molecular weight is 520 g/mol. The standard InChI is InChI=1S/C27H26ClN5O2S/c1-27(2,25(35)31-26-32-30-16-36-26)23(17-8-6-5-7-9-17)19-11-13-22(29-15-19)18-10-12-20(21(28)14-18)24(34)33(3)4/h5-16,23H,1-4H3,(H,31,32,35). The number of hydrogen-bond donors (Lipinski definition) is 1. The number of nitrogens with zero attached hydrogens (tertiary/aromatic N) is 4. The smallest absolute Gasteiger partial charge is 0.254 e. The van der Waals surface area contributed by atoms with Gasteiger partial charge in [0, 0.05) is 31.8 Å². The van der Waals surface area contributed by atoms with E-state index in [0.717, 1.165) is 16.7 Å². The molecule has 0 aliphatic carbocycles. The van der Waals surface area contributed by atoms with Crippen LogP contribution < -0.4 is 5.32 Å². The normalized spacial score (nSPS) is 12.1. The van der Waals surface area contributed by atoms with E-state index in [1.807, 2.05) is 62.4 Å². The van der Waals surface area contributed by atoms with Gasteiger partial charge in [0.05, 0.1) is 21.7 Å². The first-order chi connectivity index (χ1) is 17.2. The summed E-state index contributed by atoms with van der Waals surface area (Å²) in [5, 5.41) is 11.5. The van der Waals surface area contributed by atoms with Crippen LogP contribution in [0.2, 0.25) is 5.02 Å². The van der Waals surface area contributed by atoms with Gasteiger partial charge >= 0.3 is 0 Å². The van der Waals surface area contributed by atoms with Crippen molar-refractivity contribution in [3.05, 3.63) is 94.1 Å². The monoisotopic (exact) mass is 519 g/mol. The molecule has 0 radical (unpaired) electrons. The summed E-state index contributed by atoms with van der Waals surface area (Å²) in [5.41, 5.74) is 4.60. The van der Waals surface area contributed by atoms with Crippen LogP contribution in [-0.2, 0) is 4.79 Å². The molecule has 1 N–H and O–H groups in total. The van der Waals surface area contributed by atoms with Crippen molar-refractivity contribution < 1.29 is 9.59 Å². The third-order valence-corrected chi connectivity index (χ3v) is 6.96. The molecule has 7 nitrogen and oxygen atoms in total. The molecule has 1 atom stereocenters. The maximum Gasteiger partial charge on any atom is 0.254 e. The first kappa shape index (κ1) is 25.5. The van der Waals surface area contributed by atoms with Gasteiger partial charge in [-0.1, -0.05) is 79.2 Å². The van der Waals surface area contributed by atoms with E-state index in [4.69, 9.17) is 11.6 Å². The number of amides is 2. The fourth-order valence-corrected chi connectivity index (χ4v) is 4.83. The molecule has 0 aliphatic rings. The highest BCUT2D eigenvalue weighted by Crippen LogP contribution is 2.42. The van der Waals surface area contributed by atoms with E-state index in [2.05, 4.69) is 20.5 Å². The van der Waals surface area contributed by atoms with E-state index in [1.165, 1.54) is 16.2 Å². The number of hydrogen-bond acceptors (Lipinski definition) is 6. The zero-order valence-corrected chi connectivity index (χ0v) is 22.0. The highest BCUT2D eigenvalue weighted by Gasteiger charge is 2.39. The molecular weight excluding hydrogens is 494 g/mol. The lowest BCUT2D eigenvalue weighted by Crippen LogP contribution is -2.37. The van der Waals surface area contributed by atoms with Crippen molar-refractivity contribution in [2.75, 3.05) is 19.4 Å². The van der Waals surface area contributed by atoms with Gasteiger partial charge in [0.15, 0.2) is 0 Å². The van der Waals surface area contributed by atoms with E-state index >= 15 is 0 Å². The largest absolute Gasteiger partial charge is 0.345 e. The summed E-state index contributed by atoms with van der Waals surface area (Å²) in [6, 6.07) is 19.1. The van der Waals surface area contributed by atoms with Gasteiger partial charge in [-0.3, -0.25) is 14.6 Å². The molecule has 2 heterocycles. The van der Waals surface area contributed by atoms with Crippen LogP contribution in [0.15, 0.2) is 72.4 Å². The summed E-state index contributed by atoms with van der Waals surface area (Å²) in [5.74, 6) is -0.587. The molecule has 0 saturated carbocycles. The van der Waals surface area contributed by atoms with Crippen molar-refractivity contribution in [1.82, 2.24) is 20.1 Å². The van der Waals surface area contributed by atoms with Gasteiger partial charge in [0.2, 0.25) is 11.0 Å². The number of benzene rings is 2. The minimum atomic E-state index is -0.826. The predicted octanol–water partition coefficient (Wildman–Crippen LogP) is 5.75. The Morgan fingerprint density at radius 3 is 2.36 bits per heavy atom. The van der Waals surface area contributed by atoms with Crippen molar-refractivity contribution in [2.24, 2.45) is 5.41 Å². The maximum absolute atomic E-state index is 13.3. The van der Waals surface area contributed by atoms with Crippen LogP contribution >= 0.6 is 22.9 Å². The van der Waals surface area contributed by atoms with Crippen LogP contribution in [0.4, 0.5) is 5.13 Å². The number of aromatic nitrogens is 3. The van der Waals surface area contributed by atoms with Gasteiger partial charge in [-0.05, 0) is 29.3 Å². The summed E-state index contributed by atoms with van der Waals surface area (Å²) in [7, 11) is 3.37. The highest BCUT2D eigenvalue weighted by molar-refractivity contribution is 7.13. The molecule has 2 aromatic carbocycles. The summed E-state index contributed by atoms with van der Waals surface area (Å²) < 4.78 is 0. The third kappa shape index (κ3) is 5.29. The first-order valence-corrected chi connectivity index (χ1v) is 12.5. The fraction of sp³-hybridized carbons (Fsp3) is 0.222. The molecule has 0 fully saturated rings. The Hall–Kier alpha value is -3.62.